The van der Waals surface area contributed by atoms with Crippen LogP contribution in [0.3, 0.4) is 0 Å². The first-order valence-corrected chi connectivity index (χ1v) is 19.2. The smallest absolute Gasteiger partial charge is 0.273 e. The molecule has 6 N–H and O–H groups in total. The van der Waals surface area contributed by atoms with E-state index in [9.17, 15) is 24.3 Å². The lowest BCUT2D eigenvalue weighted by Crippen LogP contribution is -2.52. The van der Waals surface area contributed by atoms with Crippen molar-refractivity contribution in [1.29, 1.82) is 0 Å². The van der Waals surface area contributed by atoms with E-state index in [2.05, 4.69) is 42.2 Å². The summed E-state index contributed by atoms with van der Waals surface area (Å²) in [5.41, 5.74) is 2.51. The van der Waals surface area contributed by atoms with Crippen LogP contribution in [0, 0.1) is 11.8 Å². The summed E-state index contributed by atoms with van der Waals surface area (Å²) < 4.78 is 19.6. The summed E-state index contributed by atoms with van der Waals surface area (Å²) >= 11 is 3.68. The number of aromatic nitrogens is 2. The van der Waals surface area contributed by atoms with Gasteiger partial charge in [-0.05, 0) is 51.5 Å². The molecule has 3 amide bonds. The molecule has 2 aromatic heterocycles. The molecule has 0 fully saturated rings. The molecule has 3 aliphatic heterocycles. The van der Waals surface area contributed by atoms with Gasteiger partial charge in [-0.25, -0.2) is 4.98 Å². The summed E-state index contributed by atoms with van der Waals surface area (Å²) in [5, 5.41) is 23.3. The number of hydrogen-bond acceptors (Lipinski definition) is 10. The molecule has 4 bridgehead atoms. The second-order valence-electron chi connectivity index (χ2n) is 15.0. The van der Waals surface area contributed by atoms with Gasteiger partial charge in [0.2, 0.25) is 17.7 Å². The van der Waals surface area contributed by atoms with Crippen molar-refractivity contribution in [1.82, 2.24) is 25.9 Å². The van der Waals surface area contributed by atoms with Gasteiger partial charge in [0.25, 0.3) is 5.91 Å². The number of hydrogen-bond donors (Lipinski definition) is 6. The van der Waals surface area contributed by atoms with E-state index in [1.165, 1.54) is 0 Å². The zero-order valence-corrected chi connectivity index (χ0v) is 32.9. The molecule has 5 heterocycles. The normalized spacial score (nSPS) is 21.2. The molecular weight excluding hydrogens is 784 g/mol. The van der Waals surface area contributed by atoms with Gasteiger partial charge in [0.1, 0.15) is 35.1 Å². The van der Waals surface area contributed by atoms with Crippen LogP contribution in [0.4, 0.5) is 5.69 Å². The van der Waals surface area contributed by atoms with Crippen molar-refractivity contribution in [2.45, 2.75) is 63.9 Å². The number of halogens is 1. The van der Waals surface area contributed by atoms with Crippen LogP contribution >= 0.6 is 15.9 Å². The summed E-state index contributed by atoms with van der Waals surface area (Å²) in [6.07, 6.45) is -0.446. The summed E-state index contributed by atoms with van der Waals surface area (Å²) in [7, 11) is 1.55. The second-order valence-corrected chi connectivity index (χ2v) is 15.9. The van der Waals surface area contributed by atoms with Gasteiger partial charge < -0.3 is 45.2 Å². The number of H-pyrrole nitrogens is 1. The van der Waals surface area contributed by atoms with E-state index >= 15 is 0 Å². The highest BCUT2D eigenvalue weighted by Crippen LogP contribution is 2.59. The van der Waals surface area contributed by atoms with Gasteiger partial charge in [-0.15, -0.1) is 0 Å². The van der Waals surface area contributed by atoms with Gasteiger partial charge in [-0.2, -0.15) is 0 Å². The molecule has 5 atom stereocenters. The Balaban J connectivity index is 1.26. The fourth-order valence-electron chi connectivity index (χ4n) is 7.92. The molecule has 1 spiro atoms. The van der Waals surface area contributed by atoms with Crippen LogP contribution in [0.15, 0.2) is 69.7 Å². The van der Waals surface area contributed by atoms with Crippen molar-refractivity contribution in [3.63, 3.8) is 0 Å². The molecule has 2 unspecified atom stereocenters. The number of amides is 3. The van der Waals surface area contributed by atoms with Gasteiger partial charge in [-0.3, -0.25) is 19.2 Å². The number of anilines is 1. The number of ether oxygens (including phenoxy) is 2. The lowest BCUT2D eigenvalue weighted by atomic mass is 9.72. The lowest BCUT2D eigenvalue weighted by molar-refractivity contribution is -0.135. The largest absolute Gasteiger partial charge is 0.495 e. The highest BCUT2D eigenvalue weighted by Gasteiger charge is 2.61. The summed E-state index contributed by atoms with van der Waals surface area (Å²) in [5.74, 6) is -1.57. The van der Waals surface area contributed by atoms with Gasteiger partial charge in [0, 0.05) is 39.2 Å². The van der Waals surface area contributed by atoms with Gasteiger partial charge in [0.15, 0.2) is 23.5 Å². The van der Waals surface area contributed by atoms with Crippen LogP contribution in [0.25, 0.3) is 10.9 Å². The van der Waals surface area contributed by atoms with E-state index in [1.54, 1.807) is 51.4 Å². The molecular formula is C41H41BrN6O8. The van der Waals surface area contributed by atoms with Crippen molar-refractivity contribution in [3.05, 3.63) is 105 Å². The van der Waals surface area contributed by atoms with Crippen LogP contribution in [0.1, 0.15) is 82.9 Å². The molecule has 8 rings (SSSR count). The average molecular weight is 826 g/mol. The number of ketones is 1. The zero-order chi connectivity index (χ0) is 39.6. The van der Waals surface area contributed by atoms with E-state index in [0.29, 0.717) is 39.1 Å². The summed E-state index contributed by atoms with van der Waals surface area (Å²) in [6, 6.07) is 14.6. The Labute approximate surface area is 330 Å². The Morgan fingerprint density at radius 3 is 2.61 bits per heavy atom. The van der Waals surface area contributed by atoms with Crippen molar-refractivity contribution < 1.29 is 38.2 Å². The maximum Gasteiger partial charge on any atom is 0.273 e. The number of aliphatic hydroxyl groups is 1. The molecule has 3 aliphatic rings. The Hall–Kier alpha value is -5.67. The maximum absolute atomic E-state index is 14.5. The van der Waals surface area contributed by atoms with E-state index in [1.807, 2.05) is 44.2 Å². The predicted octanol–water partition coefficient (Wildman–Crippen LogP) is 4.89. The third-order valence-corrected chi connectivity index (χ3v) is 11.5. The Kier molecular flexibility index (Phi) is 9.40. The molecule has 0 saturated carbocycles. The first-order chi connectivity index (χ1) is 26.8. The first-order valence-electron chi connectivity index (χ1n) is 18.4. The second kappa shape index (κ2) is 14.1. The number of carbonyl (C=O) groups is 4. The molecule has 290 valence electrons. The van der Waals surface area contributed by atoms with Crippen LogP contribution in [-0.2, 0) is 21.4 Å². The van der Waals surface area contributed by atoms with Crippen molar-refractivity contribution >= 4 is 56.0 Å². The Morgan fingerprint density at radius 1 is 1.07 bits per heavy atom. The number of nitrogens with one attached hydrogen (secondary N) is 5. The monoisotopic (exact) mass is 824 g/mol. The number of nitrogens with zero attached hydrogens (tertiary/aromatic N) is 1. The van der Waals surface area contributed by atoms with Crippen molar-refractivity contribution in [2.75, 3.05) is 19.0 Å². The summed E-state index contributed by atoms with van der Waals surface area (Å²) in [6.45, 7) is 6.81. The molecule has 3 aromatic carbocycles. The molecule has 15 heteroatoms. The van der Waals surface area contributed by atoms with Crippen LogP contribution < -0.4 is 30.7 Å². The van der Waals surface area contributed by atoms with Gasteiger partial charge in [0.05, 0.1) is 24.9 Å². The topological polar surface area (TPSA) is 197 Å². The molecule has 5 aromatic rings. The van der Waals surface area contributed by atoms with Gasteiger partial charge in [-0.1, -0.05) is 64.1 Å². The van der Waals surface area contributed by atoms with Crippen LogP contribution in [-0.4, -0.2) is 70.6 Å². The van der Waals surface area contributed by atoms with E-state index < -0.39 is 47.6 Å². The van der Waals surface area contributed by atoms with E-state index in [0.717, 1.165) is 15.7 Å². The lowest BCUT2D eigenvalue weighted by Gasteiger charge is -2.29. The van der Waals surface area contributed by atoms with Crippen LogP contribution in [0.5, 0.6) is 11.5 Å². The maximum atomic E-state index is 14.5. The number of rotatable bonds is 9. The molecule has 0 aliphatic carbocycles. The van der Waals surface area contributed by atoms with E-state index in [-0.39, 0.29) is 47.9 Å². The standard InChI is InChI=1S/C41H41BrN6O8/c1-18(2)30-39-47-33(37(52)44-17-27(49)22-16-43-31-21(22)8-6-11-29(31)54-5)35(56-39)41-23-9-7-10-25(42)32(23)48-40(41)55-28-13-12-20(14-24(28)41)15-26(36(51)46-30)45-38(53)34(50)19(3)4/h6-14,16,18-19,26,30,34,40,43,48,50H,15,17H2,1-5H3,(H,44,52)(H,45,53)(H,46,51)/t26-,30-,34-,40?,41?/m0/s1. The number of benzene rings is 3. The minimum Gasteiger partial charge on any atom is -0.495 e. The number of fused-ring (bicyclic) bond motifs is 5. The van der Waals surface area contributed by atoms with Crippen molar-refractivity contribution in [2.24, 2.45) is 11.8 Å². The number of para-hydroxylation sites is 2. The minimum absolute atomic E-state index is 0.0533. The number of aliphatic hydroxyl groups excluding tert-OH is 1. The minimum atomic E-state index is -1.33. The number of carbonyl (C=O) groups excluding carboxylic acids is 4. The fourth-order valence-corrected chi connectivity index (χ4v) is 8.40. The summed E-state index contributed by atoms with van der Waals surface area (Å²) in [4.78, 5) is 63.3. The highest BCUT2D eigenvalue weighted by molar-refractivity contribution is 9.10. The Morgan fingerprint density at radius 2 is 1.86 bits per heavy atom. The highest BCUT2D eigenvalue weighted by atomic mass is 79.9. The number of Topliss-reactive ketones (excluding diaryl/α,β-unsaturated/α-hetero) is 1. The zero-order valence-electron chi connectivity index (χ0n) is 31.3. The molecule has 0 radical (unpaired) electrons. The number of methoxy groups -OCH3 is 1. The molecule has 56 heavy (non-hydrogen) atoms. The number of aromatic amines is 1. The van der Waals surface area contributed by atoms with E-state index in [4.69, 9.17) is 18.9 Å². The molecule has 14 nitrogen and oxygen atoms in total. The number of oxazole rings is 1. The third-order valence-electron chi connectivity index (χ3n) is 10.8. The average Bonchev–Trinajstić information content (AvgIpc) is 3.95. The van der Waals surface area contributed by atoms with Gasteiger partial charge >= 0.3 is 0 Å². The third kappa shape index (κ3) is 5.91. The predicted molar refractivity (Wildman–Crippen MR) is 209 cm³/mol. The quantitative estimate of drug-likeness (QED) is 0.111. The molecule has 0 saturated heterocycles. The Bertz CT molecular complexity index is 2420. The fraction of sp³-hybridized carbons (Fsp3) is 0.341. The first kappa shape index (κ1) is 37.3. The van der Waals surface area contributed by atoms with Crippen molar-refractivity contribution in [3.8, 4) is 11.5 Å². The van der Waals surface area contributed by atoms with Crippen LogP contribution in [0.2, 0.25) is 0 Å². The SMILES string of the molecule is COc1cccc2c(C(=O)CNC(=O)c3nc4oc3C35c6cc(ccc6OC3Nc3c(Br)cccc35)C[C@H](NC(=O)[C@@H](O)C(C)C)C(=O)N[C@H]4C(C)C)c[nH]c12.